The number of hydrogen-bond acceptors (Lipinski definition) is 2. The minimum absolute atomic E-state index is 0.154. The highest BCUT2D eigenvalue weighted by atomic mass is 16.5. The molecule has 2 unspecified atom stereocenters. The van der Waals surface area contributed by atoms with Crippen LogP contribution in [0.2, 0.25) is 0 Å². The quantitative estimate of drug-likeness (QED) is 0.669. The predicted octanol–water partition coefficient (Wildman–Crippen LogP) is 2.81. The first kappa shape index (κ1) is 8.57. The minimum atomic E-state index is 0.154. The Morgan fingerprint density at radius 3 is 2.92 bits per heavy atom. The molecule has 0 spiro atoms. The van der Waals surface area contributed by atoms with E-state index in [1.807, 2.05) is 12.1 Å². The lowest BCUT2D eigenvalue weighted by molar-refractivity contribution is 0.0202. The van der Waals surface area contributed by atoms with E-state index in [-0.39, 0.29) is 12.2 Å². The van der Waals surface area contributed by atoms with Crippen LogP contribution in [0.5, 0.6) is 0 Å². The van der Waals surface area contributed by atoms with Gasteiger partial charge in [0, 0.05) is 11.3 Å². The minimum Gasteiger partial charge on any atom is -0.398 e. The maximum Gasteiger partial charge on any atom is 0.0834 e. The van der Waals surface area contributed by atoms with Crippen LogP contribution in [-0.4, -0.2) is 0 Å². The summed E-state index contributed by atoms with van der Waals surface area (Å²) in [6.07, 6.45) is 1.41. The Kier molecular flexibility index (Phi) is 2.00. The molecule has 1 heterocycles. The molecule has 0 saturated heterocycles. The first-order chi connectivity index (χ1) is 6.24. The fourth-order valence-corrected chi connectivity index (χ4v) is 2.06. The largest absolute Gasteiger partial charge is 0.398 e. The van der Waals surface area contributed by atoms with Crippen LogP contribution >= 0.6 is 0 Å². The van der Waals surface area contributed by atoms with Gasteiger partial charge in [-0.15, -0.1) is 0 Å². The summed E-state index contributed by atoms with van der Waals surface area (Å²) >= 11 is 0. The molecular weight excluding hydrogens is 162 g/mol. The molecule has 2 atom stereocenters. The SMILES string of the molecule is CCC1OC(C)c2c(N)cccc21. The van der Waals surface area contributed by atoms with Gasteiger partial charge in [0.25, 0.3) is 0 Å². The predicted molar refractivity (Wildman–Crippen MR) is 53.4 cm³/mol. The molecule has 1 aromatic rings. The van der Waals surface area contributed by atoms with Gasteiger partial charge in [0.1, 0.15) is 0 Å². The summed E-state index contributed by atoms with van der Waals surface area (Å²) in [5, 5.41) is 0. The van der Waals surface area contributed by atoms with E-state index < -0.39 is 0 Å². The van der Waals surface area contributed by atoms with Crippen molar-refractivity contribution in [3.05, 3.63) is 29.3 Å². The van der Waals surface area contributed by atoms with Crippen molar-refractivity contribution in [2.45, 2.75) is 32.5 Å². The van der Waals surface area contributed by atoms with Gasteiger partial charge in [0.05, 0.1) is 12.2 Å². The summed E-state index contributed by atoms with van der Waals surface area (Å²) < 4.78 is 5.78. The zero-order chi connectivity index (χ0) is 9.42. The number of hydrogen-bond donors (Lipinski definition) is 1. The molecule has 2 heteroatoms. The van der Waals surface area contributed by atoms with Gasteiger partial charge in [-0.2, -0.15) is 0 Å². The molecule has 0 fully saturated rings. The number of nitrogen functional groups attached to an aromatic ring is 1. The lowest BCUT2D eigenvalue weighted by Crippen LogP contribution is -1.95. The summed E-state index contributed by atoms with van der Waals surface area (Å²) in [6, 6.07) is 6.05. The Labute approximate surface area is 78.7 Å². The van der Waals surface area contributed by atoms with E-state index >= 15 is 0 Å². The summed E-state index contributed by atoms with van der Waals surface area (Å²) in [7, 11) is 0. The van der Waals surface area contributed by atoms with Crippen LogP contribution in [0.25, 0.3) is 0 Å². The molecule has 0 aliphatic carbocycles. The van der Waals surface area contributed by atoms with Gasteiger partial charge in [0.2, 0.25) is 0 Å². The van der Waals surface area contributed by atoms with E-state index in [0.29, 0.717) is 0 Å². The zero-order valence-corrected chi connectivity index (χ0v) is 8.08. The van der Waals surface area contributed by atoms with Gasteiger partial charge in [0.15, 0.2) is 0 Å². The molecule has 2 rings (SSSR count). The highest BCUT2D eigenvalue weighted by Crippen LogP contribution is 2.42. The molecular formula is C11H15NO. The summed E-state index contributed by atoms with van der Waals surface area (Å²) in [4.78, 5) is 0. The third-order valence-corrected chi connectivity index (χ3v) is 2.67. The van der Waals surface area contributed by atoms with E-state index in [1.165, 1.54) is 11.1 Å². The Hall–Kier alpha value is -1.02. The summed E-state index contributed by atoms with van der Waals surface area (Å²) in [5.41, 5.74) is 9.22. The van der Waals surface area contributed by atoms with Gasteiger partial charge in [-0.25, -0.2) is 0 Å². The van der Waals surface area contributed by atoms with Crippen molar-refractivity contribution in [3.63, 3.8) is 0 Å². The van der Waals surface area contributed by atoms with Crippen molar-refractivity contribution in [1.82, 2.24) is 0 Å². The number of benzene rings is 1. The monoisotopic (exact) mass is 177 g/mol. The lowest BCUT2D eigenvalue weighted by Gasteiger charge is -2.07. The van der Waals surface area contributed by atoms with Crippen molar-refractivity contribution in [3.8, 4) is 0 Å². The van der Waals surface area contributed by atoms with Gasteiger partial charge in [-0.05, 0) is 25.0 Å². The first-order valence-electron chi connectivity index (χ1n) is 4.77. The van der Waals surface area contributed by atoms with E-state index in [2.05, 4.69) is 19.9 Å². The lowest BCUT2D eigenvalue weighted by atomic mass is 10.00. The number of fused-ring (bicyclic) bond motifs is 1. The number of anilines is 1. The number of nitrogens with two attached hydrogens (primary N) is 1. The third-order valence-electron chi connectivity index (χ3n) is 2.67. The van der Waals surface area contributed by atoms with Gasteiger partial charge in [-0.1, -0.05) is 19.1 Å². The van der Waals surface area contributed by atoms with Crippen LogP contribution < -0.4 is 5.73 Å². The Balaban J connectivity index is 2.51. The van der Waals surface area contributed by atoms with Crippen LogP contribution in [0.1, 0.15) is 43.6 Å². The van der Waals surface area contributed by atoms with Crippen molar-refractivity contribution < 1.29 is 4.74 Å². The van der Waals surface area contributed by atoms with Crippen LogP contribution in [0.4, 0.5) is 5.69 Å². The molecule has 1 aliphatic heterocycles. The Morgan fingerprint density at radius 1 is 1.46 bits per heavy atom. The van der Waals surface area contributed by atoms with Crippen LogP contribution in [0.15, 0.2) is 18.2 Å². The highest BCUT2D eigenvalue weighted by Gasteiger charge is 2.28. The maximum atomic E-state index is 5.90. The van der Waals surface area contributed by atoms with Gasteiger partial charge < -0.3 is 10.5 Å². The molecule has 0 amide bonds. The van der Waals surface area contributed by atoms with E-state index in [9.17, 15) is 0 Å². The summed E-state index contributed by atoms with van der Waals surface area (Å²) in [5.74, 6) is 0. The second kappa shape index (κ2) is 3.04. The number of rotatable bonds is 1. The fraction of sp³-hybridized carbons (Fsp3) is 0.455. The van der Waals surface area contributed by atoms with Gasteiger partial charge in [-0.3, -0.25) is 0 Å². The van der Waals surface area contributed by atoms with E-state index in [4.69, 9.17) is 10.5 Å². The second-order valence-electron chi connectivity index (χ2n) is 3.53. The van der Waals surface area contributed by atoms with E-state index in [1.54, 1.807) is 0 Å². The molecule has 1 aliphatic rings. The Morgan fingerprint density at radius 2 is 2.23 bits per heavy atom. The molecule has 0 bridgehead atoms. The smallest absolute Gasteiger partial charge is 0.0834 e. The average Bonchev–Trinajstić information content (AvgIpc) is 2.44. The molecule has 2 N–H and O–H groups in total. The summed E-state index contributed by atoms with van der Waals surface area (Å²) in [6.45, 7) is 4.19. The van der Waals surface area contributed by atoms with Crippen LogP contribution in [-0.2, 0) is 4.74 Å². The highest BCUT2D eigenvalue weighted by molar-refractivity contribution is 5.54. The molecule has 0 aromatic heterocycles. The standard InChI is InChI=1S/C11H15NO/c1-3-10-8-5-4-6-9(12)11(8)7(2)13-10/h4-7,10H,3,12H2,1-2H3. The van der Waals surface area contributed by atoms with Crippen molar-refractivity contribution >= 4 is 5.69 Å². The number of ether oxygens (including phenoxy) is 1. The van der Waals surface area contributed by atoms with Crippen LogP contribution in [0.3, 0.4) is 0 Å². The van der Waals surface area contributed by atoms with Crippen LogP contribution in [0, 0.1) is 0 Å². The van der Waals surface area contributed by atoms with Gasteiger partial charge >= 0.3 is 0 Å². The molecule has 2 nitrogen and oxygen atoms in total. The maximum absolute atomic E-state index is 5.90. The average molecular weight is 177 g/mol. The normalized spacial score (nSPS) is 26.0. The van der Waals surface area contributed by atoms with Crippen molar-refractivity contribution in [2.75, 3.05) is 5.73 Å². The zero-order valence-electron chi connectivity index (χ0n) is 8.08. The third kappa shape index (κ3) is 1.22. The van der Waals surface area contributed by atoms with E-state index in [0.717, 1.165) is 12.1 Å². The Bertz CT molecular complexity index is 322. The first-order valence-corrected chi connectivity index (χ1v) is 4.77. The van der Waals surface area contributed by atoms with Crippen molar-refractivity contribution in [1.29, 1.82) is 0 Å². The molecule has 1 aromatic carbocycles. The second-order valence-corrected chi connectivity index (χ2v) is 3.53. The fourth-order valence-electron chi connectivity index (χ4n) is 2.06. The molecule has 70 valence electrons. The molecule has 0 saturated carbocycles. The molecule has 0 radical (unpaired) electrons. The molecule has 13 heavy (non-hydrogen) atoms. The topological polar surface area (TPSA) is 35.2 Å². The van der Waals surface area contributed by atoms with Crippen molar-refractivity contribution in [2.24, 2.45) is 0 Å².